The fraction of sp³-hybridized carbons (Fsp3) is 1.00. The van der Waals surface area contributed by atoms with Crippen LogP contribution in [0.25, 0.3) is 0 Å². The second-order valence-electron chi connectivity index (χ2n) is 3.76. The maximum absolute atomic E-state index is 11.3. The average Bonchev–Trinajstić information content (AvgIpc) is 1.25. The molecular formula is C6H15LiOSi. The summed E-state index contributed by atoms with van der Waals surface area (Å²) in [7, 11) is -2.11. The zero-order chi connectivity index (χ0) is 7.00. The van der Waals surface area contributed by atoms with E-state index in [-0.39, 0.29) is 23.9 Å². The molecule has 0 fully saturated rings. The summed E-state index contributed by atoms with van der Waals surface area (Å²) in [6, 6.07) is 0. The van der Waals surface area contributed by atoms with E-state index in [2.05, 4.69) is 0 Å². The van der Waals surface area contributed by atoms with Crippen LogP contribution in [-0.2, 0) is 0 Å². The van der Waals surface area contributed by atoms with Crippen LogP contribution in [0.2, 0.25) is 18.1 Å². The van der Waals surface area contributed by atoms with Gasteiger partial charge in [-0.25, -0.2) is 0 Å². The summed E-state index contributed by atoms with van der Waals surface area (Å²) in [4.78, 5) is 11.3. The van der Waals surface area contributed by atoms with Gasteiger partial charge in [0, 0.05) is 0 Å². The molecule has 0 unspecified atom stereocenters. The standard InChI is InChI=1S/C6H15OSi.Li/c1-6(2,3)8(4,5)7;/h1-5H3;/q-1;+1. The molecule has 1 nitrogen and oxygen atoms in total. The molecule has 3 heteroatoms. The maximum Gasteiger partial charge on any atom is 1.00 e. The molecule has 0 amide bonds. The molecule has 0 aliphatic rings. The maximum atomic E-state index is 11.3. The van der Waals surface area contributed by atoms with Gasteiger partial charge in [-0.2, -0.15) is 0 Å². The van der Waals surface area contributed by atoms with Crippen molar-refractivity contribution < 1.29 is 23.7 Å². The van der Waals surface area contributed by atoms with Crippen LogP contribution in [0.15, 0.2) is 0 Å². The molecule has 0 aromatic rings. The van der Waals surface area contributed by atoms with Crippen LogP contribution < -0.4 is 23.7 Å². The molecule has 0 aromatic heterocycles. The van der Waals surface area contributed by atoms with Crippen LogP contribution in [-0.4, -0.2) is 8.32 Å². The van der Waals surface area contributed by atoms with E-state index in [1.807, 2.05) is 33.9 Å². The smallest absolute Gasteiger partial charge is 0.858 e. The van der Waals surface area contributed by atoms with E-state index in [1.165, 1.54) is 0 Å². The van der Waals surface area contributed by atoms with E-state index >= 15 is 0 Å². The summed E-state index contributed by atoms with van der Waals surface area (Å²) >= 11 is 0. The molecule has 0 bridgehead atoms. The van der Waals surface area contributed by atoms with Gasteiger partial charge in [-0.1, -0.05) is 38.9 Å². The third kappa shape index (κ3) is 4.21. The summed E-state index contributed by atoms with van der Waals surface area (Å²) in [5.41, 5.74) is 0. The number of hydrogen-bond acceptors (Lipinski definition) is 1. The van der Waals surface area contributed by atoms with Crippen molar-refractivity contribution in [3.8, 4) is 0 Å². The van der Waals surface area contributed by atoms with Crippen LogP contribution in [0.1, 0.15) is 20.8 Å². The molecule has 0 N–H and O–H groups in total. The Morgan fingerprint density at radius 1 is 1.11 bits per heavy atom. The monoisotopic (exact) mass is 138 g/mol. The fourth-order valence-electron chi connectivity index (χ4n) is 0. The van der Waals surface area contributed by atoms with Crippen molar-refractivity contribution in [3.05, 3.63) is 0 Å². The first-order valence-electron chi connectivity index (χ1n) is 2.95. The zero-order valence-electron chi connectivity index (χ0n) is 7.41. The van der Waals surface area contributed by atoms with Gasteiger partial charge in [-0.05, 0) is 8.32 Å². The minimum absolute atomic E-state index is 0. The molecule has 0 spiro atoms. The van der Waals surface area contributed by atoms with E-state index in [1.54, 1.807) is 0 Å². The molecule has 0 heterocycles. The van der Waals surface area contributed by atoms with Crippen molar-refractivity contribution in [2.45, 2.75) is 38.9 Å². The van der Waals surface area contributed by atoms with Gasteiger partial charge in [0.25, 0.3) is 0 Å². The molecule has 0 saturated carbocycles. The summed E-state index contributed by atoms with van der Waals surface area (Å²) in [6.07, 6.45) is 0. The first kappa shape index (κ1) is 12.5. The third-order valence-electron chi connectivity index (χ3n) is 1.81. The van der Waals surface area contributed by atoms with Gasteiger partial charge < -0.3 is 4.80 Å². The Bertz CT molecular complexity index is 68.0. The van der Waals surface area contributed by atoms with Crippen molar-refractivity contribution in [2.75, 3.05) is 0 Å². The molecule has 50 valence electrons. The van der Waals surface area contributed by atoms with Crippen molar-refractivity contribution in [1.82, 2.24) is 0 Å². The molecule has 9 heavy (non-hydrogen) atoms. The Labute approximate surface area is 71.2 Å². The summed E-state index contributed by atoms with van der Waals surface area (Å²) in [5, 5.41) is 0.0208. The van der Waals surface area contributed by atoms with E-state index in [4.69, 9.17) is 0 Å². The first-order valence-corrected chi connectivity index (χ1v) is 5.86. The zero-order valence-corrected chi connectivity index (χ0v) is 8.41. The molecule has 0 aliphatic carbocycles. The molecule has 0 atom stereocenters. The van der Waals surface area contributed by atoms with E-state index in [0.29, 0.717) is 0 Å². The minimum Gasteiger partial charge on any atom is -0.858 e. The summed E-state index contributed by atoms with van der Waals surface area (Å²) in [5.74, 6) is 0. The Morgan fingerprint density at radius 3 is 1.22 bits per heavy atom. The van der Waals surface area contributed by atoms with E-state index < -0.39 is 8.32 Å². The van der Waals surface area contributed by atoms with Gasteiger partial charge in [0.15, 0.2) is 0 Å². The Hall–Kier alpha value is 0.774. The van der Waals surface area contributed by atoms with Crippen molar-refractivity contribution in [2.24, 2.45) is 0 Å². The Morgan fingerprint density at radius 2 is 1.22 bits per heavy atom. The van der Waals surface area contributed by atoms with E-state index in [9.17, 15) is 4.80 Å². The largest absolute Gasteiger partial charge is 1.00 e. The molecule has 0 aromatic carbocycles. The van der Waals surface area contributed by atoms with Crippen LogP contribution in [0, 0.1) is 0 Å². The van der Waals surface area contributed by atoms with Crippen LogP contribution in [0.5, 0.6) is 0 Å². The predicted molar refractivity (Wildman–Crippen MR) is 37.2 cm³/mol. The molecule has 0 saturated heterocycles. The quantitative estimate of drug-likeness (QED) is 0.368. The Kier molecular flexibility index (Phi) is 4.50. The Balaban J connectivity index is 0. The minimum atomic E-state index is -2.11. The van der Waals surface area contributed by atoms with Gasteiger partial charge in [0.2, 0.25) is 0 Å². The third-order valence-corrected chi connectivity index (χ3v) is 5.42. The van der Waals surface area contributed by atoms with Gasteiger partial charge in [-0.3, -0.25) is 0 Å². The van der Waals surface area contributed by atoms with Crippen LogP contribution in [0.4, 0.5) is 0 Å². The van der Waals surface area contributed by atoms with Gasteiger partial charge >= 0.3 is 18.9 Å². The number of rotatable bonds is 0. The normalized spacial score (nSPS) is 12.7. The van der Waals surface area contributed by atoms with Crippen molar-refractivity contribution in [3.63, 3.8) is 0 Å². The molecule has 0 rings (SSSR count). The summed E-state index contributed by atoms with van der Waals surface area (Å²) in [6.45, 7) is 9.77. The van der Waals surface area contributed by atoms with Crippen molar-refractivity contribution in [1.29, 1.82) is 0 Å². The summed E-state index contributed by atoms with van der Waals surface area (Å²) < 4.78 is 0. The second kappa shape index (κ2) is 3.25. The van der Waals surface area contributed by atoms with Crippen molar-refractivity contribution >= 4 is 8.32 Å². The molecular weight excluding hydrogens is 123 g/mol. The predicted octanol–water partition coefficient (Wildman–Crippen LogP) is -1.64. The fourth-order valence-corrected chi connectivity index (χ4v) is 0. The topological polar surface area (TPSA) is 23.1 Å². The van der Waals surface area contributed by atoms with Crippen LogP contribution in [0.3, 0.4) is 0 Å². The molecule has 0 aliphatic heterocycles. The average molecular weight is 138 g/mol. The van der Waals surface area contributed by atoms with Gasteiger partial charge in [-0.15, -0.1) is 0 Å². The van der Waals surface area contributed by atoms with E-state index in [0.717, 1.165) is 0 Å². The van der Waals surface area contributed by atoms with Crippen LogP contribution >= 0.6 is 0 Å². The number of hydrogen-bond donors (Lipinski definition) is 0. The second-order valence-corrected chi connectivity index (χ2v) is 8.28. The van der Waals surface area contributed by atoms with Gasteiger partial charge in [0.05, 0.1) is 0 Å². The first-order chi connectivity index (χ1) is 3.25. The molecule has 0 radical (unpaired) electrons. The SMILES string of the molecule is CC(C)(C)[Si](C)(C)[O-].[Li+]. The van der Waals surface area contributed by atoms with Gasteiger partial charge in [0.1, 0.15) is 0 Å².